The third kappa shape index (κ3) is 4.50. The molecule has 1 aliphatic carbocycles. The lowest BCUT2D eigenvalue weighted by Crippen LogP contribution is -2.30. The summed E-state index contributed by atoms with van der Waals surface area (Å²) in [5, 5.41) is 21.9. The molecule has 0 unspecified atom stereocenters. The number of carboxylic acids is 1. The molecule has 8 heteroatoms. The Kier molecular flexibility index (Phi) is 6.36. The van der Waals surface area contributed by atoms with Gasteiger partial charge in [-0.05, 0) is 43.0 Å². The summed E-state index contributed by atoms with van der Waals surface area (Å²) >= 11 is 1.32. The van der Waals surface area contributed by atoms with Crippen molar-refractivity contribution < 1.29 is 29.2 Å². The Labute approximate surface area is 178 Å². The van der Waals surface area contributed by atoms with Crippen molar-refractivity contribution in [2.24, 2.45) is 11.8 Å². The average Bonchev–Trinajstić information content (AvgIpc) is 3.36. The van der Waals surface area contributed by atoms with Crippen LogP contribution in [-0.2, 0) is 4.74 Å². The number of carbonyl (C=O) groups is 1. The maximum absolute atomic E-state index is 11.1. The van der Waals surface area contributed by atoms with Crippen LogP contribution < -0.4 is 9.47 Å². The molecule has 30 heavy (non-hydrogen) atoms. The first-order chi connectivity index (χ1) is 14.5. The molecule has 1 aliphatic heterocycles. The summed E-state index contributed by atoms with van der Waals surface area (Å²) in [6.45, 7) is 0.424. The van der Waals surface area contributed by atoms with Crippen LogP contribution in [0.3, 0.4) is 0 Å². The first-order valence-corrected chi connectivity index (χ1v) is 10.9. The quantitative estimate of drug-likeness (QED) is 0.645. The topological polar surface area (TPSA) is 98.1 Å². The lowest BCUT2D eigenvalue weighted by atomic mass is 9.86. The van der Waals surface area contributed by atoms with Crippen molar-refractivity contribution in [3.05, 3.63) is 52.5 Å². The molecule has 2 aliphatic rings. The van der Waals surface area contributed by atoms with Gasteiger partial charge in [-0.25, -0.2) is 9.78 Å². The number of hydrogen-bond acceptors (Lipinski definition) is 7. The first kappa shape index (κ1) is 20.8. The van der Waals surface area contributed by atoms with Crippen LogP contribution in [0.25, 0.3) is 0 Å². The van der Waals surface area contributed by atoms with Gasteiger partial charge in [0.15, 0.2) is 5.69 Å². The number of methoxy groups -OCH3 is 1. The van der Waals surface area contributed by atoms with Crippen LogP contribution in [-0.4, -0.2) is 47.1 Å². The number of benzene rings is 1. The van der Waals surface area contributed by atoms with E-state index in [9.17, 15) is 9.90 Å². The van der Waals surface area contributed by atoms with Gasteiger partial charge in [-0.3, -0.25) is 0 Å². The minimum absolute atomic E-state index is 0.0290. The molecular formula is C22H25NO6S. The molecule has 2 fully saturated rings. The Morgan fingerprint density at radius 1 is 1.30 bits per heavy atom. The van der Waals surface area contributed by atoms with Crippen molar-refractivity contribution in [3.8, 4) is 11.5 Å². The Balaban J connectivity index is 1.31. The van der Waals surface area contributed by atoms with Gasteiger partial charge in [-0.15, -0.1) is 11.3 Å². The molecule has 1 saturated heterocycles. The Morgan fingerprint density at radius 2 is 2.07 bits per heavy atom. The number of carboxylic acid groups (broad SMARTS) is 1. The van der Waals surface area contributed by atoms with E-state index in [0.717, 1.165) is 24.3 Å². The highest BCUT2D eigenvalue weighted by molar-refractivity contribution is 7.09. The lowest BCUT2D eigenvalue weighted by Gasteiger charge is -2.33. The Bertz CT molecular complexity index is 895. The van der Waals surface area contributed by atoms with E-state index in [2.05, 4.69) is 4.98 Å². The molecule has 4 rings (SSSR count). The van der Waals surface area contributed by atoms with Gasteiger partial charge in [0, 0.05) is 17.7 Å². The largest absolute Gasteiger partial charge is 0.497 e. The SMILES string of the molecule is COc1ccc(OC/C=C/[C@@H]2[C@H]3CC[C@H](c4nc(C(=O)O)cs4)O[C@H]3C[C@H]2O)cc1. The van der Waals surface area contributed by atoms with Crippen LogP contribution in [0.15, 0.2) is 41.8 Å². The Hall–Kier alpha value is -2.42. The van der Waals surface area contributed by atoms with Crippen LogP contribution in [0.4, 0.5) is 0 Å². The number of thiazole rings is 1. The zero-order valence-corrected chi connectivity index (χ0v) is 17.5. The van der Waals surface area contributed by atoms with Gasteiger partial charge in [-0.1, -0.05) is 12.2 Å². The van der Waals surface area contributed by atoms with Gasteiger partial charge in [-0.2, -0.15) is 0 Å². The molecule has 2 heterocycles. The molecule has 2 aromatic rings. The van der Waals surface area contributed by atoms with E-state index in [1.54, 1.807) is 12.5 Å². The zero-order valence-electron chi connectivity index (χ0n) is 16.6. The van der Waals surface area contributed by atoms with Crippen molar-refractivity contribution in [2.45, 2.75) is 37.6 Å². The van der Waals surface area contributed by atoms with Crippen molar-refractivity contribution in [2.75, 3.05) is 13.7 Å². The van der Waals surface area contributed by atoms with Gasteiger partial charge in [0.2, 0.25) is 0 Å². The van der Waals surface area contributed by atoms with Crippen LogP contribution in [0.1, 0.15) is 40.9 Å². The fourth-order valence-corrected chi connectivity index (χ4v) is 5.14. The molecule has 1 saturated carbocycles. The van der Waals surface area contributed by atoms with Crippen molar-refractivity contribution in [3.63, 3.8) is 0 Å². The standard InChI is InChI=1S/C22H25NO6S/c1-27-13-4-6-14(7-5-13)28-10-2-3-15-16-8-9-19(29-20(16)11-18(15)24)21-23-17(12-30-21)22(25)26/h2-7,12,15-16,18-20,24H,8-11H2,1H3,(H,25,26)/b3-2+/t15-,16-,18-,19-,20+/m1/s1. The molecule has 160 valence electrons. The third-order valence-corrected chi connectivity index (χ3v) is 6.71. The fraction of sp³-hybridized carbons (Fsp3) is 0.455. The second-order valence-corrected chi connectivity index (χ2v) is 8.47. The van der Waals surface area contributed by atoms with Crippen LogP contribution in [0.5, 0.6) is 11.5 Å². The van der Waals surface area contributed by atoms with Gasteiger partial charge in [0.25, 0.3) is 0 Å². The molecule has 1 aromatic heterocycles. The monoisotopic (exact) mass is 431 g/mol. The summed E-state index contributed by atoms with van der Waals surface area (Å²) in [6, 6.07) is 7.41. The minimum atomic E-state index is -1.02. The van der Waals surface area contributed by atoms with E-state index in [0.29, 0.717) is 18.0 Å². The first-order valence-electron chi connectivity index (χ1n) is 10.0. The van der Waals surface area contributed by atoms with E-state index in [1.165, 1.54) is 11.3 Å². The summed E-state index contributed by atoms with van der Waals surface area (Å²) in [6.07, 6.45) is 5.54. The number of aromatic nitrogens is 1. The molecule has 0 bridgehead atoms. The van der Waals surface area contributed by atoms with E-state index in [4.69, 9.17) is 19.3 Å². The van der Waals surface area contributed by atoms with E-state index in [-0.39, 0.29) is 29.7 Å². The van der Waals surface area contributed by atoms with Gasteiger partial charge in [0.1, 0.15) is 29.2 Å². The number of aliphatic hydroxyl groups excluding tert-OH is 1. The smallest absolute Gasteiger partial charge is 0.355 e. The minimum Gasteiger partial charge on any atom is -0.497 e. The summed E-state index contributed by atoms with van der Waals surface area (Å²) in [4.78, 5) is 15.2. The Morgan fingerprint density at radius 3 is 2.77 bits per heavy atom. The van der Waals surface area contributed by atoms with Crippen LogP contribution >= 0.6 is 11.3 Å². The van der Waals surface area contributed by atoms with E-state index in [1.807, 2.05) is 36.4 Å². The highest BCUT2D eigenvalue weighted by Gasteiger charge is 2.45. The number of hydrogen-bond donors (Lipinski definition) is 2. The zero-order chi connectivity index (χ0) is 21.1. The van der Waals surface area contributed by atoms with Crippen molar-refractivity contribution in [1.29, 1.82) is 0 Å². The number of nitrogens with zero attached hydrogens (tertiary/aromatic N) is 1. The maximum Gasteiger partial charge on any atom is 0.355 e. The molecule has 7 nitrogen and oxygen atoms in total. The second kappa shape index (κ2) is 9.16. The third-order valence-electron chi connectivity index (χ3n) is 5.77. The molecule has 5 atom stereocenters. The molecular weight excluding hydrogens is 406 g/mol. The van der Waals surface area contributed by atoms with Crippen LogP contribution in [0, 0.1) is 11.8 Å². The fourth-order valence-electron chi connectivity index (χ4n) is 4.28. The molecule has 0 amide bonds. The van der Waals surface area contributed by atoms with Crippen molar-refractivity contribution >= 4 is 17.3 Å². The summed E-state index contributed by atoms with van der Waals surface area (Å²) in [5.41, 5.74) is 0.0600. The summed E-state index contributed by atoms with van der Waals surface area (Å²) in [5.74, 6) is 0.794. The van der Waals surface area contributed by atoms with Crippen molar-refractivity contribution in [1.82, 2.24) is 4.98 Å². The molecule has 2 N–H and O–H groups in total. The summed E-state index contributed by atoms with van der Waals surface area (Å²) in [7, 11) is 1.63. The van der Waals surface area contributed by atoms with Gasteiger partial charge in [0.05, 0.1) is 19.3 Å². The number of ether oxygens (including phenoxy) is 3. The molecule has 0 spiro atoms. The van der Waals surface area contributed by atoms with Gasteiger partial charge >= 0.3 is 5.97 Å². The number of fused-ring (bicyclic) bond motifs is 1. The highest BCUT2D eigenvalue weighted by atomic mass is 32.1. The van der Waals surface area contributed by atoms with E-state index < -0.39 is 12.1 Å². The van der Waals surface area contributed by atoms with Crippen LogP contribution in [0.2, 0.25) is 0 Å². The van der Waals surface area contributed by atoms with E-state index >= 15 is 0 Å². The number of rotatable bonds is 7. The average molecular weight is 432 g/mol. The summed E-state index contributed by atoms with van der Waals surface area (Å²) < 4.78 is 17.1. The maximum atomic E-state index is 11.1. The predicted octanol–water partition coefficient (Wildman–Crippen LogP) is 3.70. The number of aromatic carboxylic acids is 1. The normalized spacial score (nSPS) is 28.4. The lowest BCUT2D eigenvalue weighted by molar-refractivity contribution is -0.0767. The predicted molar refractivity (Wildman–Crippen MR) is 111 cm³/mol. The highest BCUT2D eigenvalue weighted by Crippen LogP contribution is 2.46. The second-order valence-electron chi connectivity index (χ2n) is 7.58. The number of aliphatic hydroxyl groups is 1. The molecule has 1 aromatic carbocycles. The van der Waals surface area contributed by atoms with Gasteiger partial charge < -0.3 is 24.4 Å². The molecule has 0 radical (unpaired) electrons.